The van der Waals surface area contributed by atoms with Crippen molar-refractivity contribution in [2.24, 2.45) is 10.8 Å². The van der Waals surface area contributed by atoms with Crippen LogP contribution in [-0.2, 0) is 14.4 Å². The monoisotopic (exact) mass is 696 g/mol. The molecule has 222 valence electrons. The number of carbonyl (C=O) groups is 3. The van der Waals surface area contributed by atoms with Gasteiger partial charge in [0.05, 0.1) is 4.47 Å². The van der Waals surface area contributed by atoms with Crippen molar-refractivity contribution < 1.29 is 19.1 Å². The lowest BCUT2D eigenvalue weighted by molar-refractivity contribution is -0.120. The van der Waals surface area contributed by atoms with Crippen molar-refractivity contribution in [3.63, 3.8) is 0 Å². The second kappa shape index (κ2) is 11.1. The summed E-state index contributed by atoms with van der Waals surface area (Å²) in [5.41, 5.74) is 6.42. The van der Waals surface area contributed by atoms with E-state index < -0.39 is 5.92 Å². The molecule has 1 heterocycles. The molecule has 1 N–H and O–H groups in total. The molecule has 0 radical (unpaired) electrons. The van der Waals surface area contributed by atoms with Crippen LogP contribution in [0.15, 0.2) is 61.8 Å². The Hall–Kier alpha value is -2.71. The number of carbonyl (C=O) groups excluding carboxylic acids is 3. The summed E-state index contributed by atoms with van der Waals surface area (Å²) in [5, 5.41) is 2.96. The first kappa shape index (κ1) is 30.7. The standard InChI is InChI=1S/C34H38Br2N2O4/c1-18-9-8-10-23(19(18)2)37-28(41)17-42-32-21(11-20(35)12-22(32)36)29-30-24(13-33(3,4)15-26(30)39)38(7)25-14-34(5,6)16-27(40)31(25)29/h8-12,29H,13-17H2,1-7H3,(H,37,41). The highest BCUT2D eigenvalue weighted by atomic mass is 79.9. The maximum atomic E-state index is 13.9. The molecule has 6 nitrogen and oxygen atoms in total. The molecular formula is C34H38Br2N2O4. The fourth-order valence-electron chi connectivity index (χ4n) is 6.63. The van der Waals surface area contributed by atoms with Gasteiger partial charge in [0.25, 0.3) is 5.91 Å². The summed E-state index contributed by atoms with van der Waals surface area (Å²) in [4.78, 5) is 43.1. The van der Waals surface area contributed by atoms with Crippen LogP contribution in [0.5, 0.6) is 5.75 Å². The predicted octanol–water partition coefficient (Wildman–Crippen LogP) is 8.16. The SMILES string of the molecule is Cc1cccc(NC(=O)COc2c(Br)cc(Br)cc2C2C3=C(CC(C)(C)CC3=O)N(C)C3=C2C(=O)CC(C)(C)C3)c1C. The highest BCUT2D eigenvalue weighted by Crippen LogP contribution is 2.56. The van der Waals surface area contributed by atoms with Gasteiger partial charge >= 0.3 is 0 Å². The quantitative estimate of drug-likeness (QED) is 0.341. The van der Waals surface area contributed by atoms with Crippen LogP contribution in [-0.4, -0.2) is 36.0 Å². The summed E-state index contributed by atoms with van der Waals surface area (Å²) in [5.74, 6) is -0.310. The molecule has 0 spiro atoms. The second-order valence-corrected chi connectivity index (χ2v) is 15.3. The van der Waals surface area contributed by atoms with Gasteiger partial charge in [-0.25, -0.2) is 0 Å². The molecule has 0 saturated carbocycles. The summed E-state index contributed by atoms with van der Waals surface area (Å²) < 4.78 is 7.68. The van der Waals surface area contributed by atoms with Crippen LogP contribution in [0.2, 0.25) is 0 Å². The molecule has 0 atom stereocenters. The number of nitrogens with one attached hydrogen (secondary N) is 1. The Morgan fingerprint density at radius 2 is 1.52 bits per heavy atom. The average molecular weight is 698 g/mol. The molecule has 8 heteroatoms. The third-order valence-electron chi connectivity index (χ3n) is 8.75. The molecule has 5 rings (SSSR count). The van der Waals surface area contributed by atoms with Crippen LogP contribution in [0, 0.1) is 24.7 Å². The minimum atomic E-state index is -0.579. The number of hydrogen-bond acceptors (Lipinski definition) is 5. The molecule has 0 bridgehead atoms. The summed E-state index contributed by atoms with van der Waals surface area (Å²) in [6.07, 6.45) is 2.27. The number of rotatable bonds is 5. The zero-order chi connectivity index (χ0) is 30.7. The lowest BCUT2D eigenvalue weighted by Gasteiger charge is -2.48. The number of allylic oxidation sites excluding steroid dienone is 4. The topological polar surface area (TPSA) is 75.7 Å². The highest BCUT2D eigenvalue weighted by Gasteiger charge is 2.49. The molecule has 0 saturated heterocycles. The van der Waals surface area contributed by atoms with Crippen molar-refractivity contribution >= 4 is 55.0 Å². The van der Waals surface area contributed by atoms with Crippen LogP contribution >= 0.6 is 31.9 Å². The minimum Gasteiger partial charge on any atom is -0.482 e. The minimum absolute atomic E-state index is 0.0528. The number of amides is 1. The molecular weight excluding hydrogens is 660 g/mol. The number of nitrogens with zero attached hydrogens (tertiary/aromatic N) is 1. The van der Waals surface area contributed by atoms with E-state index in [2.05, 4.69) is 69.8 Å². The number of hydrogen-bond donors (Lipinski definition) is 1. The van der Waals surface area contributed by atoms with Crippen molar-refractivity contribution in [3.8, 4) is 5.75 Å². The fourth-order valence-corrected chi connectivity index (χ4v) is 8.01. The van der Waals surface area contributed by atoms with Gasteiger partial charge in [-0.2, -0.15) is 0 Å². The Kier molecular flexibility index (Phi) is 8.12. The van der Waals surface area contributed by atoms with Gasteiger partial charge in [-0.05, 0) is 82.8 Å². The lowest BCUT2D eigenvalue weighted by Crippen LogP contribution is -2.43. The predicted molar refractivity (Wildman–Crippen MR) is 172 cm³/mol. The molecule has 2 aromatic carbocycles. The molecule has 0 aromatic heterocycles. The number of benzene rings is 2. The van der Waals surface area contributed by atoms with E-state index >= 15 is 0 Å². The summed E-state index contributed by atoms with van der Waals surface area (Å²) in [6.45, 7) is 12.2. The number of aryl methyl sites for hydroxylation is 1. The zero-order valence-corrected chi connectivity index (χ0v) is 28.5. The largest absolute Gasteiger partial charge is 0.482 e. The van der Waals surface area contributed by atoms with Crippen LogP contribution in [0.4, 0.5) is 5.69 Å². The van der Waals surface area contributed by atoms with E-state index in [1.807, 2.05) is 51.2 Å². The van der Waals surface area contributed by atoms with Gasteiger partial charge in [-0.15, -0.1) is 0 Å². The highest BCUT2D eigenvalue weighted by molar-refractivity contribution is 9.11. The van der Waals surface area contributed by atoms with Crippen LogP contribution < -0.4 is 10.1 Å². The first-order valence-corrected chi connectivity index (χ1v) is 15.9. The van der Waals surface area contributed by atoms with E-state index in [0.29, 0.717) is 39.8 Å². The molecule has 1 aliphatic heterocycles. The van der Waals surface area contributed by atoms with E-state index in [-0.39, 0.29) is 34.9 Å². The molecule has 1 amide bonds. The number of halogens is 2. The Balaban J connectivity index is 1.60. The fraction of sp³-hybridized carbons (Fsp3) is 0.441. The van der Waals surface area contributed by atoms with E-state index in [1.54, 1.807) is 0 Å². The van der Waals surface area contributed by atoms with Crippen LogP contribution in [0.3, 0.4) is 0 Å². The maximum Gasteiger partial charge on any atom is 0.262 e. The van der Waals surface area contributed by atoms with E-state index in [1.165, 1.54) is 0 Å². The Labute approximate surface area is 265 Å². The van der Waals surface area contributed by atoms with Gasteiger partial charge in [0.2, 0.25) is 0 Å². The van der Waals surface area contributed by atoms with E-state index in [0.717, 1.165) is 45.5 Å². The number of ether oxygens (including phenoxy) is 1. The van der Waals surface area contributed by atoms with Crippen molar-refractivity contribution in [2.45, 2.75) is 73.1 Å². The number of anilines is 1. The maximum absolute atomic E-state index is 13.9. The summed E-state index contributed by atoms with van der Waals surface area (Å²) >= 11 is 7.29. The van der Waals surface area contributed by atoms with Crippen molar-refractivity contribution in [3.05, 3.63) is 78.5 Å². The Morgan fingerprint density at radius 3 is 2.10 bits per heavy atom. The Morgan fingerprint density at radius 1 is 0.952 bits per heavy atom. The third-order valence-corrected chi connectivity index (χ3v) is 9.80. The number of ketones is 2. The molecule has 0 unspecified atom stereocenters. The van der Waals surface area contributed by atoms with E-state index in [9.17, 15) is 14.4 Å². The van der Waals surface area contributed by atoms with Crippen LogP contribution in [0.25, 0.3) is 0 Å². The van der Waals surface area contributed by atoms with Crippen molar-refractivity contribution in [2.75, 3.05) is 19.0 Å². The summed E-state index contributed by atoms with van der Waals surface area (Å²) in [7, 11) is 2.00. The van der Waals surface area contributed by atoms with Gasteiger partial charge in [0, 0.05) is 64.1 Å². The molecule has 0 fully saturated rings. The van der Waals surface area contributed by atoms with Gasteiger partial charge in [-0.3, -0.25) is 14.4 Å². The van der Waals surface area contributed by atoms with E-state index in [4.69, 9.17) is 4.74 Å². The number of Topliss-reactive ketones (excluding diaryl/α,β-unsaturated/α-hetero) is 2. The van der Waals surface area contributed by atoms with Crippen molar-refractivity contribution in [1.82, 2.24) is 4.90 Å². The second-order valence-electron chi connectivity index (χ2n) is 13.5. The molecule has 42 heavy (non-hydrogen) atoms. The normalized spacial score (nSPS) is 20.0. The third kappa shape index (κ3) is 5.77. The lowest BCUT2D eigenvalue weighted by atomic mass is 9.63. The zero-order valence-electron chi connectivity index (χ0n) is 25.3. The van der Waals surface area contributed by atoms with Crippen LogP contribution in [0.1, 0.15) is 76.0 Å². The average Bonchev–Trinajstić information content (AvgIpc) is 2.86. The van der Waals surface area contributed by atoms with Gasteiger partial charge in [-0.1, -0.05) is 55.8 Å². The van der Waals surface area contributed by atoms with Gasteiger partial charge < -0.3 is 15.0 Å². The smallest absolute Gasteiger partial charge is 0.262 e. The first-order chi connectivity index (χ1) is 19.6. The molecule has 2 aromatic rings. The molecule has 2 aliphatic carbocycles. The summed E-state index contributed by atoms with van der Waals surface area (Å²) in [6, 6.07) is 9.56. The molecule has 3 aliphatic rings. The first-order valence-electron chi connectivity index (χ1n) is 14.3. The van der Waals surface area contributed by atoms with Crippen molar-refractivity contribution in [1.29, 1.82) is 0 Å². The Bertz CT molecular complexity index is 1530. The van der Waals surface area contributed by atoms with Gasteiger partial charge in [0.1, 0.15) is 5.75 Å². The van der Waals surface area contributed by atoms with Gasteiger partial charge in [0.15, 0.2) is 18.2 Å².